The SMILES string of the molecule is O=C(O)c1cc(N2CCc3sccc3C2)ccc1[N+](=O)[O-]. The number of carboxylic acids is 1. The number of carbonyl (C=O) groups is 1. The number of benzene rings is 1. The van der Waals surface area contributed by atoms with Crippen molar-refractivity contribution in [3.63, 3.8) is 0 Å². The van der Waals surface area contributed by atoms with Gasteiger partial charge in [-0.2, -0.15) is 0 Å². The minimum Gasteiger partial charge on any atom is -0.477 e. The van der Waals surface area contributed by atoms with Crippen molar-refractivity contribution in [1.29, 1.82) is 0 Å². The number of aromatic carboxylic acids is 1. The predicted octanol–water partition coefficient (Wildman–Crippen LogP) is 2.92. The number of nitro groups is 1. The number of nitro benzene ring substituents is 1. The second kappa shape index (κ2) is 5.17. The third-order valence-corrected chi connectivity index (χ3v) is 4.60. The molecule has 1 aliphatic heterocycles. The van der Waals surface area contributed by atoms with Crippen LogP contribution in [0.15, 0.2) is 29.6 Å². The molecule has 2 heterocycles. The van der Waals surface area contributed by atoms with E-state index in [2.05, 4.69) is 6.07 Å². The van der Waals surface area contributed by atoms with Crippen molar-refractivity contribution in [2.75, 3.05) is 11.4 Å². The van der Waals surface area contributed by atoms with Crippen molar-refractivity contribution >= 4 is 28.7 Å². The fourth-order valence-corrected chi connectivity index (χ4v) is 3.41. The number of anilines is 1. The number of hydrogen-bond acceptors (Lipinski definition) is 5. The molecule has 6 nitrogen and oxygen atoms in total. The Labute approximate surface area is 124 Å². The standard InChI is InChI=1S/C14H12N2O4S/c17-14(18)11-7-10(1-2-12(11)16(19)20)15-5-3-13-9(8-15)4-6-21-13/h1-2,4,6-7H,3,5,8H2,(H,17,18). The van der Waals surface area contributed by atoms with Crippen molar-refractivity contribution in [1.82, 2.24) is 0 Å². The van der Waals surface area contributed by atoms with Crippen LogP contribution in [0, 0.1) is 10.1 Å². The molecule has 0 atom stereocenters. The molecule has 1 aromatic carbocycles. The summed E-state index contributed by atoms with van der Waals surface area (Å²) in [5.74, 6) is -1.28. The Hall–Kier alpha value is -2.41. The van der Waals surface area contributed by atoms with Gasteiger partial charge >= 0.3 is 5.97 Å². The summed E-state index contributed by atoms with van der Waals surface area (Å²) in [6.45, 7) is 1.49. The highest BCUT2D eigenvalue weighted by Gasteiger charge is 2.23. The molecular weight excluding hydrogens is 292 g/mol. The van der Waals surface area contributed by atoms with Crippen molar-refractivity contribution in [3.8, 4) is 0 Å². The minimum atomic E-state index is -1.28. The van der Waals surface area contributed by atoms with Crippen molar-refractivity contribution in [2.24, 2.45) is 0 Å². The maximum atomic E-state index is 11.2. The van der Waals surface area contributed by atoms with Crippen molar-refractivity contribution in [3.05, 3.63) is 55.8 Å². The maximum absolute atomic E-state index is 11.2. The molecule has 0 saturated carbocycles. The Morgan fingerprint density at radius 2 is 2.19 bits per heavy atom. The molecule has 0 spiro atoms. The molecule has 0 amide bonds. The van der Waals surface area contributed by atoms with E-state index >= 15 is 0 Å². The molecule has 7 heteroatoms. The quantitative estimate of drug-likeness (QED) is 0.696. The first-order valence-corrected chi connectivity index (χ1v) is 7.26. The van der Waals surface area contributed by atoms with Gasteiger partial charge in [-0.1, -0.05) is 0 Å². The van der Waals surface area contributed by atoms with Crippen LogP contribution >= 0.6 is 11.3 Å². The summed E-state index contributed by atoms with van der Waals surface area (Å²) >= 11 is 1.73. The van der Waals surface area contributed by atoms with E-state index in [-0.39, 0.29) is 11.3 Å². The van der Waals surface area contributed by atoms with Crippen LogP contribution in [0.5, 0.6) is 0 Å². The molecule has 1 aromatic heterocycles. The molecule has 0 radical (unpaired) electrons. The number of rotatable bonds is 3. The molecular formula is C14H12N2O4S. The monoisotopic (exact) mass is 304 g/mol. The Morgan fingerprint density at radius 1 is 1.38 bits per heavy atom. The minimum absolute atomic E-state index is 0.270. The highest BCUT2D eigenvalue weighted by atomic mass is 32.1. The lowest BCUT2D eigenvalue weighted by Gasteiger charge is -2.29. The summed E-state index contributed by atoms with van der Waals surface area (Å²) < 4.78 is 0. The average Bonchev–Trinajstić information content (AvgIpc) is 2.93. The van der Waals surface area contributed by atoms with Gasteiger partial charge in [0.15, 0.2) is 0 Å². The summed E-state index contributed by atoms with van der Waals surface area (Å²) in [4.78, 5) is 24.8. The lowest BCUT2D eigenvalue weighted by atomic mass is 10.1. The van der Waals surface area contributed by atoms with E-state index in [1.54, 1.807) is 17.4 Å². The lowest BCUT2D eigenvalue weighted by molar-refractivity contribution is -0.385. The van der Waals surface area contributed by atoms with Gasteiger partial charge in [0.05, 0.1) is 4.92 Å². The van der Waals surface area contributed by atoms with Crippen LogP contribution in [-0.4, -0.2) is 22.5 Å². The van der Waals surface area contributed by atoms with Gasteiger partial charge in [-0.3, -0.25) is 10.1 Å². The molecule has 0 unspecified atom stereocenters. The zero-order chi connectivity index (χ0) is 15.0. The fourth-order valence-electron chi connectivity index (χ4n) is 2.52. The van der Waals surface area contributed by atoms with Gasteiger partial charge in [0.25, 0.3) is 5.69 Å². The fraction of sp³-hybridized carbons (Fsp3) is 0.214. The largest absolute Gasteiger partial charge is 0.477 e. The summed E-state index contributed by atoms with van der Waals surface area (Å²) in [7, 11) is 0. The lowest BCUT2D eigenvalue weighted by Crippen LogP contribution is -2.29. The van der Waals surface area contributed by atoms with Crippen molar-refractivity contribution < 1.29 is 14.8 Å². The molecule has 1 N–H and O–H groups in total. The molecule has 1 aliphatic rings. The predicted molar refractivity (Wildman–Crippen MR) is 79.1 cm³/mol. The summed E-state index contributed by atoms with van der Waals surface area (Å²) in [5, 5.41) is 22.1. The van der Waals surface area contributed by atoms with Crippen LogP contribution < -0.4 is 4.90 Å². The van der Waals surface area contributed by atoms with Crippen LogP contribution in [0.25, 0.3) is 0 Å². The number of hydrogen-bond donors (Lipinski definition) is 1. The van der Waals surface area contributed by atoms with E-state index in [1.165, 1.54) is 22.6 Å². The molecule has 21 heavy (non-hydrogen) atoms. The Kier molecular flexibility index (Phi) is 3.34. The number of nitrogens with zero attached hydrogens (tertiary/aromatic N) is 2. The number of thiophene rings is 1. The van der Waals surface area contributed by atoms with Crippen LogP contribution in [0.3, 0.4) is 0 Å². The van der Waals surface area contributed by atoms with E-state index < -0.39 is 10.9 Å². The Bertz CT molecular complexity index is 726. The molecule has 108 valence electrons. The molecule has 0 saturated heterocycles. The van der Waals surface area contributed by atoms with Gasteiger partial charge in [0.1, 0.15) is 5.56 Å². The topological polar surface area (TPSA) is 83.7 Å². The smallest absolute Gasteiger partial charge is 0.342 e. The van der Waals surface area contributed by atoms with E-state index in [4.69, 9.17) is 5.11 Å². The Balaban J connectivity index is 1.95. The zero-order valence-corrected chi connectivity index (χ0v) is 11.8. The first-order chi connectivity index (χ1) is 10.1. The van der Waals surface area contributed by atoms with Gasteiger partial charge in [-0.25, -0.2) is 4.79 Å². The molecule has 3 rings (SSSR count). The van der Waals surface area contributed by atoms with Gasteiger partial charge in [-0.15, -0.1) is 11.3 Å². The van der Waals surface area contributed by atoms with E-state index in [1.807, 2.05) is 10.3 Å². The van der Waals surface area contributed by atoms with Crippen LogP contribution in [0.4, 0.5) is 11.4 Å². The number of fused-ring (bicyclic) bond motifs is 1. The maximum Gasteiger partial charge on any atom is 0.342 e. The van der Waals surface area contributed by atoms with Gasteiger partial charge < -0.3 is 10.0 Å². The summed E-state index contributed by atoms with van der Waals surface area (Å²) in [6.07, 6.45) is 0.909. The van der Waals surface area contributed by atoms with Crippen LogP contribution in [0.2, 0.25) is 0 Å². The third kappa shape index (κ3) is 2.47. The number of carboxylic acid groups (broad SMARTS) is 1. The Morgan fingerprint density at radius 3 is 2.90 bits per heavy atom. The average molecular weight is 304 g/mol. The molecule has 2 aromatic rings. The van der Waals surface area contributed by atoms with E-state index in [9.17, 15) is 14.9 Å². The molecule has 0 fully saturated rings. The molecule has 0 bridgehead atoms. The summed E-state index contributed by atoms with van der Waals surface area (Å²) in [5.41, 5.74) is 1.30. The second-order valence-corrected chi connectivity index (χ2v) is 5.80. The third-order valence-electron chi connectivity index (χ3n) is 3.58. The van der Waals surface area contributed by atoms with Crippen molar-refractivity contribution in [2.45, 2.75) is 13.0 Å². The summed E-state index contributed by atoms with van der Waals surface area (Å²) in [6, 6.07) is 6.33. The van der Waals surface area contributed by atoms with Crippen LogP contribution in [0.1, 0.15) is 20.8 Å². The first kappa shape index (κ1) is 13.6. The zero-order valence-electron chi connectivity index (χ0n) is 11.0. The van der Waals surface area contributed by atoms with Gasteiger partial charge in [0.2, 0.25) is 0 Å². The van der Waals surface area contributed by atoms with E-state index in [0.717, 1.165) is 13.0 Å². The highest BCUT2D eigenvalue weighted by Crippen LogP contribution is 2.30. The highest BCUT2D eigenvalue weighted by molar-refractivity contribution is 7.10. The second-order valence-electron chi connectivity index (χ2n) is 4.80. The van der Waals surface area contributed by atoms with Gasteiger partial charge in [0, 0.05) is 29.7 Å². The van der Waals surface area contributed by atoms with E-state index in [0.29, 0.717) is 12.2 Å². The first-order valence-electron chi connectivity index (χ1n) is 6.38. The normalized spacial score (nSPS) is 13.8. The molecule has 0 aliphatic carbocycles. The van der Waals surface area contributed by atoms with Crippen LogP contribution in [-0.2, 0) is 13.0 Å². The van der Waals surface area contributed by atoms with Gasteiger partial charge in [-0.05, 0) is 35.6 Å².